The van der Waals surface area contributed by atoms with Crippen LogP contribution < -0.4 is 0 Å². The number of hydrogen-bond acceptors (Lipinski definition) is 6. The Hall–Kier alpha value is -2.63. The molecule has 0 fully saturated rings. The van der Waals surface area contributed by atoms with Gasteiger partial charge in [0, 0.05) is 19.3 Å². The van der Waals surface area contributed by atoms with Gasteiger partial charge < -0.3 is 14.2 Å². The van der Waals surface area contributed by atoms with Gasteiger partial charge in [0.05, 0.1) is 0 Å². The molecule has 0 radical (unpaired) electrons. The zero-order chi connectivity index (χ0) is 52.9. The summed E-state index contributed by atoms with van der Waals surface area (Å²) in [6, 6.07) is 0. The van der Waals surface area contributed by atoms with Crippen LogP contribution in [0, 0.1) is 0 Å². The van der Waals surface area contributed by atoms with Crippen molar-refractivity contribution in [2.75, 3.05) is 13.2 Å². The number of esters is 3. The Labute approximate surface area is 454 Å². The number of carbonyl (C=O) groups is 3. The summed E-state index contributed by atoms with van der Waals surface area (Å²) in [5.74, 6) is -0.852. The number of rotatable bonds is 59. The maximum Gasteiger partial charge on any atom is 0.306 e. The van der Waals surface area contributed by atoms with E-state index >= 15 is 0 Å². The van der Waals surface area contributed by atoms with Crippen LogP contribution in [0.5, 0.6) is 0 Å². The van der Waals surface area contributed by atoms with E-state index < -0.39 is 6.10 Å². The van der Waals surface area contributed by atoms with Gasteiger partial charge in [-0.05, 0) is 57.8 Å². The lowest BCUT2D eigenvalue weighted by molar-refractivity contribution is -0.167. The van der Waals surface area contributed by atoms with Crippen molar-refractivity contribution in [2.24, 2.45) is 0 Å². The summed E-state index contributed by atoms with van der Waals surface area (Å²) in [7, 11) is 0. The van der Waals surface area contributed by atoms with Gasteiger partial charge in [-0.15, -0.1) is 0 Å². The Morgan fingerprint density at radius 2 is 0.534 bits per heavy atom. The van der Waals surface area contributed by atoms with E-state index in [1.54, 1.807) is 0 Å². The third-order valence-electron chi connectivity index (χ3n) is 14.3. The molecule has 0 heterocycles. The molecule has 0 aromatic heterocycles. The van der Waals surface area contributed by atoms with Crippen LogP contribution in [-0.4, -0.2) is 37.2 Å². The summed E-state index contributed by atoms with van der Waals surface area (Å²) in [6.07, 6.45) is 77.4. The standard InChI is InChI=1S/C67H122O6/c1-4-7-10-13-16-18-20-22-23-24-25-26-27-28-29-30-31-32-33-34-35-36-37-38-39-40-41-42-43-45-46-48-51-54-57-60-66(69)72-63-64(62-71-65(68)59-56-53-50-15-12-9-6-3)73-67(70)61-58-55-52-49-47-44-21-19-17-14-11-8-5-2/h7,10,16,18,22-23,25-26,64H,4-6,8-9,11-15,17,19-21,24,27-63H2,1-3H3/b10-7-,18-16-,23-22-,26-25-. The van der Waals surface area contributed by atoms with Crippen molar-refractivity contribution in [1.29, 1.82) is 0 Å². The van der Waals surface area contributed by atoms with Gasteiger partial charge in [0.15, 0.2) is 6.10 Å². The average Bonchev–Trinajstić information content (AvgIpc) is 3.39. The molecule has 0 aliphatic heterocycles. The molecule has 0 spiro atoms. The molecule has 0 aromatic rings. The third kappa shape index (κ3) is 60.1. The largest absolute Gasteiger partial charge is 0.462 e. The minimum Gasteiger partial charge on any atom is -0.462 e. The van der Waals surface area contributed by atoms with Crippen LogP contribution in [-0.2, 0) is 28.6 Å². The van der Waals surface area contributed by atoms with Gasteiger partial charge in [-0.2, -0.15) is 0 Å². The molecule has 0 bridgehead atoms. The van der Waals surface area contributed by atoms with E-state index in [-0.39, 0.29) is 31.1 Å². The van der Waals surface area contributed by atoms with Crippen molar-refractivity contribution < 1.29 is 28.6 Å². The lowest BCUT2D eigenvalue weighted by atomic mass is 10.0. The van der Waals surface area contributed by atoms with Gasteiger partial charge in [-0.3, -0.25) is 14.4 Å². The molecule has 1 atom stereocenters. The maximum absolute atomic E-state index is 12.8. The van der Waals surface area contributed by atoms with E-state index in [9.17, 15) is 14.4 Å². The third-order valence-corrected chi connectivity index (χ3v) is 14.3. The highest BCUT2D eigenvalue weighted by Crippen LogP contribution is 2.18. The van der Waals surface area contributed by atoms with Gasteiger partial charge in [-0.1, -0.05) is 313 Å². The fraction of sp³-hybridized carbons (Fsp3) is 0.836. The first-order valence-corrected chi connectivity index (χ1v) is 32.1. The van der Waals surface area contributed by atoms with Crippen LogP contribution in [0.3, 0.4) is 0 Å². The van der Waals surface area contributed by atoms with Crippen LogP contribution in [0.4, 0.5) is 0 Å². The van der Waals surface area contributed by atoms with Crippen molar-refractivity contribution in [3.05, 3.63) is 48.6 Å². The topological polar surface area (TPSA) is 78.9 Å². The maximum atomic E-state index is 12.8. The summed E-state index contributed by atoms with van der Waals surface area (Å²) >= 11 is 0. The molecule has 0 N–H and O–H groups in total. The number of unbranched alkanes of at least 4 members (excludes halogenated alkanes) is 40. The second kappa shape index (κ2) is 61.9. The van der Waals surface area contributed by atoms with Crippen molar-refractivity contribution in [3.63, 3.8) is 0 Å². The predicted molar refractivity (Wildman–Crippen MR) is 316 cm³/mol. The van der Waals surface area contributed by atoms with Gasteiger partial charge in [0.2, 0.25) is 0 Å². The number of allylic oxidation sites excluding steroid dienone is 8. The highest BCUT2D eigenvalue weighted by atomic mass is 16.6. The normalized spacial score (nSPS) is 12.3. The molecule has 426 valence electrons. The lowest BCUT2D eigenvalue weighted by Crippen LogP contribution is -2.30. The molecule has 6 nitrogen and oxygen atoms in total. The van der Waals surface area contributed by atoms with Crippen LogP contribution in [0.2, 0.25) is 0 Å². The Kier molecular flexibility index (Phi) is 59.7. The lowest BCUT2D eigenvalue weighted by Gasteiger charge is -2.18. The Bertz CT molecular complexity index is 1270. The molecule has 0 saturated heterocycles. The highest BCUT2D eigenvalue weighted by molar-refractivity contribution is 5.71. The molecular weight excluding hydrogens is 901 g/mol. The smallest absolute Gasteiger partial charge is 0.306 e. The first-order valence-electron chi connectivity index (χ1n) is 32.1. The minimum absolute atomic E-state index is 0.0657. The second-order valence-corrected chi connectivity index (χ2v) is 21.7. The summed E-state index contributed by atoms with van der Waals surface area (Å²) < 4.78 is 16.8. The first kappa shape index (κ1) is 70.4. The van der Waals surface area contributed by atoms with Gasteiger partial charge >= 0.3 is 17.9 Å². The summed E-state index contributed by atoms with van der Waals surface area (Å²) in [4.78, 5) is 37.9. The molecule has 0 saturated carbocycles. The van der Waals surface area contributed by atoms with Crippen LogP contribution in [0.25, 0.3) is 0 Å². The summed E-state index contributed by atoms with van der Waals surface area (Å²) in [5, 5.41) is 0. The monoisotopic (exact) mass is 1020 g/mol. The van der Waals surface area contributed by atoms with Gasteiger partial charge in [0.1, 0.15) is 13.2 Å². The zero-order valence-electron chi connectivity index (χ0n) is 48.9. The molecule has 6 heteroatoms. The Balaban J connectivity index is 3.89. The van der Waals surface area contributed by atoms with E-state index in [1.807, 2.05) is 0 Å². The first-order chi connectivity index (χ1) is 36.0. The number of ether oxygens (including phenoxy) is 3. The van der Waals surface area contributed by atoms with E-state index in [0.717, 1.165) is 83.5 Å². The molecule has 0 aliphatic carbocycles. The number of carbonyl (C=O) groups excluding carboxylic acids is 3. The molecule has 0 aliphatic rings. The molecule has 1 unspecified atom stereocenters. The fourth-order valence-electron chi connectivity index (χ4n) is 9.56. The Morgan fingerprint density at radius 1 is 0.288 bits per heavy atom. The molecule has 0 amide bonds. The van der Waals surface area contributed by atoms with Crippen LogP contribution in [0.15, 0.2) is 48.6 Å². The number of hydrogen-bond donors (Lipinski definition) is 0. The molecule has 0 rings (SSSR count). The van der Waals surface area contributed by atoms with E-state index in [1.165, 1.54) is 218 Å². The molecular formula is C67H122O6. The molecule has 0 aromatic carbocycles. The quantitative estimate of drug-likeness (QED) is 0.0261. The van der Waals surface area contributed by atoms with Crippen molar-refractivity contribution in [1.82, 2.24) is 0 Å². The van der Waals surface area contributed by atoms with E-state index in [0.29, 0.717) is 19.3 Å². The van der Waals surface area contributed by atoms with Crippen LogP contribution >= 0.6 is 0 Å². The fourth-order valence-corrected chi connectivity index (χ4v) is 9.56. The van der Waals surface area contributed by atoms with Crippen molar-refractivity contribution >= 4 is 17.9 Å². The average molecular weight is 1020 g/mol. The SMILES string of the molecule is CC/C=C\C/C=C\C/C=C\C/C=C\CCCCCCCCCCCCCCCCCCCCCCCCC(=O)OCC(COC(=O)CCCCCCCCC)OC(=O)CCCCCCCCCCCCCCC. The second-order valence-electron chi connectivity index (χ2n) is 21.7. The van der Waals surface area contributed by atoms with Crippen LogP contribution in [0.1, 0.15) is 342 Å². The molecule has 73 heavy (non-hydrogen) atoms. The predicted octanol–water partition coefficient (Wildman–Crippen LogP) is 21.8. The van der Waals surface area contributed by atoms with Crippen molar-refractivity contribution in [3.8, 4) is 0 Å². The highest BCUT2D eigenvalue weighted by Gasteiger charge is 2.19. The zero-order valence-corrected chi connectivity index (χ0v) is 48.9. The minimum atomic E-state index is -0.763. The Morgan fingerprint density at radius 3 is 0.836 bits per heavy atom. The summed E-state index contributed by atoms with van der Waals surface area (Å²) in [5.41, 5.74) is 0. The van der Waals surface area contributed by atoms with Gasteiger partial charge in [0.25, 0.3) is 0 Å². The summed E-state index contributed by atoms with van der Waals surface area (Å²) in [6.45, 7) is 6.53. The van der Waals surface area contributed by atoms with E-state index in [2.05, 4.69) is 69.4 Å². The van der Waals surface area contributed by atoms with Gasteiger partial charge in [-0.25, -0.2) is 0 Å². The van der Waals surface area contributed by atoms with E-state index in [4.69, 9.17) is 14.2 Å². The van der Waals surface area contributed by atoms with Crippen molar-refractivity contribution in [2.45, 2.75) is 348 Å².